The van der Waals surface area contributed by atoms with E-state index in [1.54, 1.807) is 0 Å². The van der Waals surface area contributed by atoms with Gasteiger partial charge in [-0.05, 0) is 42.5 Å². The second-order valence-electron chi connectivity index (χ2n) is 11.2. The van der Waals surface area contributed by atoms with E-state index in [0.717, 1.165) is 22.3 Å². The molecule has 3 rings (SSSR count). The van der Waals surface area contributed by atoms with Crippen molar-refractivity contribution in [3.05, 3.63) is 59.7 Å². The minimum Gasteiger partial charge on any atom is -0.449 e. The van der Waals surface area contributed by atoms with Crippen molar-refractivity contribution in [2.24, 2.45) is 0 Å². The highest BCUT2D eigenvalue weighted by Crippen LogP contribution is 2.44. The second-order valence-corrected chi connectivity index (χ2v) is 11.2. The Bertz CT molecular complexity index is 1330. The SMILES string of the molecule is C[C@H](NC(=O)CCC(=O)NCCCOCC(O)CO)C(=O)N[C@@H](C)C(=O)NCCNC(=O)OCC1c2ccccc2-c2ccccc21. The van der Waals surface area contributed by atoms with E-state index < -0.39 is 42.0 Å². The fourth-order valence-electron chi connectivity index (χ4n) is 4.93. The van der Waals surface area contributed by atoms with Crippen molar-refractivity contribution in [2.45, 2.75) is 57.2 Å². The van der Waals surface area contributed by atoms with Crippen LogP contribution in [0.15, 0.2) is 48.5 Å². The van der Waals surface area contributed by atoms with Crippen molar-refractivity contribution in [3.63, 3.8) is 0 Å². The number of aliphatic hydroxyl groups excluding tert-OH is 2. The number of nitrogens with one attached hydrogen (secondary N) is 5. The summed E-state index contributed by atoms with van der Waals surface area (Å²) in [6, 6.07) is 14.2. The Balaban J connectivity index is 1.25. The van der Waals surface area contributed by atoms with Gasteiger partial charge in [-0.3, -0.25) is 19.2 Å². The van der Waals surface area contributed by atoms with Crippen molar-refractivity contribution in [1.29, 1.82) is 0 Å². The molecule has 14 nitrogen and oxygen atoms in total. The molecule has 0 aliphatic heterocycles. The number of carbonyl (C=O) groups excluding carboxylic acids is 5. The average Bonchev–Trinajstić information content (AvgIpc) is 3.39. The van der Waals surface area contributed by atoms with Gasteiger partial charge in [0.25, 0.3) is 0 Å². The quantitative estimate of drug-likeness (QED) is 0.104. The third-order valence-corrected chi connectivity index (χ3v) is 7.45. The largest absolute Gasteiger partial charge is 0.449 e. The van der Waals surface area contributed by atoms with E-state index in [2.05, 4.69) is 38.7 Å². The molecule has 1 aliphatic carbocycles. The van der Waals surface area contributed by atoms with Gasteiger partial charge in [0, 0.05) is 45.0 Å². The maximum absolute atomic E-state index is 12.5. The van der Waals surface area contributed by atoms with Gasteiger partial charge in [0.2, 0.25) is 23.6 Å². The highest BCUT2D eigenvalue weighted by Gasteiger charge is 2.29. The van der Waals surface area contributed by atoms with Crippen molar-refractivity contribution in [2.75, 3.05) is 46.1 Å². The Morgan fingerprint density at radius 2 is 1.36 bits per heavy atom. The first-order valence-electron chi connectivity index (χ1n) is 15.7. The molecule has 0 saturated carbocycles. The summed E-state index contributed by atoms with van der Waals surface area (Å²) in [7, 11) is 0. The molecule has 2 aromatic rings. The van der Waals surface area contributed by atoms with Crippen LogP contribution in [-0.4, -0.2) is 104 Å². The smallest absolute Gasteiger partial charge is 0.407 e. The molecule has 0 saturated heterocycles. The Morgan fingerprint density at radius 1 is 0.766 bits per heavy atom. The molecule has 0 spiro atoms. The predicted molar refractivity (Wildman–Crippen MR) is 172 cm³/mol. The lowest BCUT2D eigenvalue weighted by Gasteiger charge is -2.18. The van der Waals surface area contributed by atoms with Crippen molar-refractivity contribution >= 4 is 29.7 Å². The van der Waals surface area contributed by atoms with Gasteiger partial charge in [0.1, 0.15) is 24.8 Å². The summed E-state index contributed by atoms with van der Waals surface area (Å²) in [5.41, 5.74) is 4.48. The lowest BCUT2D eigenvalue weighted by atomic mass is 9.98. The number of rotatable bonds is 19. The fourth-order valence-corrected chi connectivity index (χ4v) is 4.93. The number of carbonyl (C=O) groups is 5. The molecule has 0 heterocycles. The van der Waals surface area contributed by atoms with E-state index in [-0.39, 0.29) is 57.6 Å². The van der Waals surface area contributed by atoms with Gasteiger partial charge in [-0.25, -0.2) is 4.79 Å². The van der Waals surface area contributed by atoms with E-state index in [1.807, 2.05) is 36.4 Å². The van der Waals surface area contributed by atoms with Crippen LogP contribution in [0.4, 0.5) is 4.79 Å². The third-order valence-electron chi connectivity index (χ3n) is 7.45. The van der Waals surface area contributed by atoms with Gasteiger partial charge in [0.05, 0.1) is 13.2 Å². The summed E-state index contributed by atoms with van der Waals surface area (Å²) in [4.78, 5) is 61.4. The third kappa shape index (κ3) is 12.0. The number of alkyl carbamates (subject to hydrolysis) is 1. The fraction of sp³-hybridized carbons (Fsp3) is 0.485. The van der Waals surface area contributed by atoms with Crippen LogP contribution < -0.4 is 26.6 Å². The summed E-state index contributed by atoms with van der Waals surface area (Å²) >= 11 is 0. The molecule has 3 atom stereocenters. The van der Waals surface area contributed by atoms with E-state index >= 15 is 0 Å². The van der Waals surface area contributed by atoms with E-state index in [9.17, 15) is 29.1 Å². The minimum absolute atomic E-state index is 0.00300. The molecule has 7 N–H and O–H groups in total. The second kappa shape index (κ2) is 19.2. The summed E-state index contributed by atoms with van der Waals surface area (Å²) in [6.45, 7) is 3.58. The molecule has 47 heavy (non-hydrogen) atoms. The van der Waals surface area contributed by atoms with Crippen molar-refractivity contribution < 1.29 is 43.7 Å². The number of ether oxygens (including phenoxy) is 2. The van der Waals surface area contributed by atoms with E-state index in [4.69, 9.17) is 14.6 Å². The van der Waals surface area contributed by atoms with Crippen LogP contribution in [0, 0.1) is 0 Å². The average molecular weight is 656 g/mol. The van der Waals surface area contributed by atoms with Crippen LogP contribution >= 0.6 is 0 Å². The highest BCUT2D eigenvalue weighted by atomic mass is 16.5. The van der Waals surface area contributed by atoms with Gasteiger partial charge in [-0.2, -0.15) is 0 Å². The van der Waals surface area contributed by atoms with Crippen LogP contribution in [0.5, 0.6) is 0 Å². The molecule has 0 fully saturated rings. The standard InChI is InChI=1S/C33H45N5O9/c1-21(38-32(44)22(2)37-30(42)13-12-29(41)34-14-7-17-46-19-23(40)18-39)31(43)35-15-16-36-33(45)47-20-28-26-10-5-3-8-24(26)25-9-4-6-11-27(25)28/h3-6,8-11,21-23,28,39-40H,7,12-20H2,1-2H3,(H,34,41)(H,35,43)(H,36,45)(H,37,42)(H,38,44)/t21-,22-,23?/m0/s1. The van der Waals surface area contributed by atoms with Crippen LogP contribution in [0.25, 0.3) is 11.1 Å². The summed E-state index contributed by atoms with van der Waals surface area (Å²) in [5.74, 6) is -1.95. The van der Waals surface area contributed by atoms with Crippen LogP contribution in [0.3, 0.4) is 0 Å². The van der Waals surface area contributed by atoms with Gasteiger partial charge < -0.3 is 46.3 Å². The lowest BCUT2D eigenvalue weighted by molar-refractivity contribution is -0.132. The molecular weight excluding hydrogens is 610 g/mol. The number of fused-ring (bicyclic) bond motifs is 3. The Kier molecular flexibility index (Phi) is 15.1. The first-order chi connectivity index (χ1) is 22.6. The zero-order chi connectivity index (χ0) is 34.2. The molecule has 0 radical (unpaired) electrons. The van der Waals surface area contributed by atoms with Crippen molar-refractivity contribution in [3.8, 4) is 11.1 Å². The van der Waals surface area contributed by atoms with Gasteiger partial charge >= 0.3 is 6.09 Å². The van der Waals surface area contributed by atoms with Gasteiger partial charge in [0.15, 0.2) is 0 Å². The van der Waals surface area contributed by atoms with Crippen LogP contribution in [0.2, 0.25) is 0 Å². The topological polar surface area (TPSA) is 204 Å². The minimum atomic E-state index is -0.942. The van der Waals surface area contributed by atoms with Gasteiger partial charge in [-0.1, -0.05) is 48.5 Å². The number of amides is 5. The van der Waals surface area contributed by atoms with E-state index in [0.29, 0.717) is 19.6 Å². The normalized spacial score (nSPS) is 13.7. The molecule has 0 bridgehead atoms. The first kappa shape index (κ1) is 36.9. The first-order valence-corrected chi connectivity index (χ1v) is 15.7. The predicted octanol–water partition coefficient (Wildman–Crippen LogP) is 0.307. The Labute approximate surface area is 274 Å². The number of aliphatic hydroxyl groups is 2. The molecule has 14 heteroatoms. The molecule has 256 valence electrons. The van der Waals surface area contributed by atoms with Crippen molar-refractivity contribution in [1.82, 2.24) is 26.6 Å². The molecular formula is C33H45N5O9. The molecule has 2 aromatic carbocycles. The molecule has 5 amide bonds. The molecule has 0 aromatic heterocycles. The zero-order valence-electron chi connectivity index (χ0n) is 26.8. The molecule has 1 aliphatic rings. The number of hydrogen-bond donors (Lipinski definition) is 7. The number of hydrogen-bond acceptors (Lipinski definition) is 9. The summed E-state index contributed by atoms with van der Waals surface area (Å²) in [5, 5.41) is 30.8. The zero-order valence-corrected chi connectivity index (χ0v) is 26.8. The number of benzene rings is 2. The maximum atomic E-state index is 12.5. The lowest BCUT2D eigenvalue weighted by Crippen LogP contribution is -2.52. The monoisotopic (exact) mass is 655 g/mol. The maximum Gasteiger partial charge on any atom is 0.407 e. The van der Waals surface area contributed by atoms with Crippen LogP contribution in [-0.2, 0) is 28.7 Å². The van der Waals surface area contributed by atoms with Crippen LogP contribution in [0.1, 0.15) is 50.2 Å². The Morgan fingerprint density at radius 3 is 2.02 bits per heavy atom. The van der Waals surface area contributed by atoms with Gasteiger partial charge in [-0.15, -0.1) is 0 Å². The molecule has 1 unspecified atom stereocenters. The summed E-state index contributed by atoms with van der Waals surface area (Å²) in [6.07, 6.45) is -1.26. The summed E-state index contributed by atoms with van der Waals surface area (Å²) < 4.78 is 10.6. The Hall–Kier alpha value is -4.53. The highest BCUT2D eigenvalue weighted by molar-refractivity contribution is 5.92. The van der Waals surface area contributed by atoms with E-state index in [1.165, 1.54) is 13.8 Å².